The normalized spacial score (nSPS) is 12.6. The van der Waals surface area contributed by atoms with Gasteiger partial charge in [0.1, 0.15) is 5.82 Å². The Morgan fingerprint density at radius 2 is 1.95 bits per heavy atom. The molecule has 0 aliphatic carbocycles. The molecule has 0 fully saturated rings. The van der Waals surface area contributed by atoms with Gasteiger partial charge in [0, 0.05) is 29.0 Å². The van der Waals surface area contributed by atoms with Crippen LogP contribution < -0.4 is 5.32 Å². The highest BCUT2D eigenvalue weighted by molar-refractivity contribution is 6.36. The van der Waals surface area contributed by atoms with E-state index in [1.54, 1.807) is 0 Å². The van der Waals surface area contributed by atoms with Crippen molar-refractivity contribution in [3.8, 4) is 0 Å². The lowest BCUT2D eigenvalue weighted by Gasteiger charge is -2.20. The molecule has 0 radical (unpaired) electrons. The number of aromatic nitrogens is 2. The summed E-state index contributed by atoms with van der Waals surface area (Å²) in [7, 11) is 0. The highest BCUT2D eigenvalue weighted by Crippen LogP contribution is 2.29. The Bertz CT molecular complexity index is 560. The molecule has 1 aromatic carbocycles. The third kappa shape index (κ3) is 4.00. The fourth-order valence-corrected chi connectivity index (χ4v) is 2.95. The molecule has 0 bridgehead atoms. The predicted molar refractivity (Wildman–Crippen MR) is 89.1 cm³/mol. The van der Waals surface area contributed by atoms with Gasteiger partial charge in [-0.1, -0.05) is 36.2 Å². The summed E-state index contributed by atoms with van der Waals surface area (Å²) >= 11 is 12.6. The van der Waals surface area contributed by atoms with E-state index in [-0.39, 0.29) is 6.04 Å². The second kappa shape index (κ2) is 7.83. The lowest BCUT2D eigenvalue weighted by atomic mass is 10.0. The second-order valence-corrected chi connectivity index (χ2v) is 5.80. The average molecular weight is 326 g/mol. The van der Waals surface area contributed by atoms with Gasteiger partial charge in [0.25, 0.3) is 0 Å². The summed E-state index contributed by atoms with van der Waals surface area (Å²) in [4.78, 5) is 4.51. The zero-order valence-corrected chi connectivity index (χ0v) is 14.0. The number of aryl methyl sites for hydroxylation is 1. The molecule has 21 heavy (non-hydrogen) atoms. The van der Waals surface area contributed by atoms with E-state index in [0.717, 1.165) is 37.3 Å². The van der Waals surface area contributed by atoms with E-state index >= 15 is 0 Å². The molecule has 2 rings (SSSR count). The molecular weight excluding hydrogens is 305 g/mol. The third-order valence-electron chi connectivity index (χ3n) is 3.51. The van der Waals surface area contributed by atoms with Gasteiger partial charge in [0.2, 0.25) is 0 Å². The molecule has 0 saturated heterocycles. The van der Waals surface area contributed by atoms with Gasteiger partial charge in [0.15, 0.2) is 0 Å². The van der Waals surface area contributed by atoms with Gasteiger partial charge >= 0.3 is 0 Å². The Labute approximate surface area is 136 Å². The topological polar surface area (TPSA) is 29.9 Å². The van der Waals surface area contributed by atoms with Crippen LogP contribution >= 0.6 is 23.2 Å². The molecule has 0 aliphatic rings. The molecular formula is C16H21Cl2N3. The molecule has 1 N–H and O–H groups in total. The lowest BCUT2D eigenvalue weighted by Crippen LogP contribution is -2.27. The fourth-order valence-electron chi connectivity index (χ4n) is 2.40. The summed E-state index contributed by atoms with van der Waals surface area (Å²) in [5, 5.41) is 4.97. The van der Waals surface area contributed by atoms with Crippen molar-refractivity contribution in [2.24, 2.45) is 0 Å². The van der Waals surface area contributed by atoms with Gasteiger partial charge < -0.3 is 9.88 Å². The maximum atomic E-state index is 6.30. The molecule has 0 spiro atoms. The minimum absolute atomic E-state index is 0.109. The maximum absolute atomic E-state index is 6.30. The van der Waals surface area contributed by atoms with Crippen LogP contribution in [-0.2, 0) is 13.0 Å². The first-order chi connectivity index (χ1) is 10.2. The Morgan fingerprint density at radius 3 is 2.57 bits per heavy atom. The van der Waals surface area contributed by atoms with Crippen molar-refractivity contribution in [1.29, 1.82) is 0 Å². The Morgan fingerprint density at radius 1 is 1.24 bits per heavy atom. The highest BCUT2D eigenvalue weighted by atomic mass is 35.5. The van der Waals surface area contributed by atoms with E-state index in [1.807, 2.05) is 30.6 Å². The quantitative estimate of drug-likeness (QED) is 0.812. The molecule has 2 aromatic rings. The molecule has 0 aliphatic heterocycles. The van der Waals surface area contributed by atoms with Crippen LogP contribution in [0.4, 0.5) is 0 Å². The summed E-state index contributed by atoms with van der Waals surface area (Å²) in [6.07, 6.45) is 5.65. The van der Waals surface area contributed by atoms with E-state index in [2.05, 4.69) is 28.7 Å². The number of imidazole rings is 1. The second-order valence-electron chi connectivity index (χ2n) is 4.98. The van der Waals surface area contributed by atoms with Gasteiger partial charge in [-0.05, 0) is 44.0 Å². The van der Waals surface area contributed by atoms with Gasteiger partial charge in [-0.25, -0.2) is 4.98 Å². The van der Waals surface area contributed by atoms with E-state index < -0.39 is 0 Å². The smallest absolute Gasteiger partial charge is 0.126 e. The van der Waals surface area contributed by atoms with Crippen molar-refractivity contribution in [2.75, 3.05) is 6.54 Å². The fraction of sp³-hybridized carbons (Fsp3) is 0.438. The number of nitrogens with zero attached hydrogens (tertiary/aromatic N) is 2. The van der Waals surface area contributed by atoms with Gasteiger partial charge in [0.05, 0.1) is 6.04 Å². The van der Waals surface area contributed by atoms with Crippen LogP contribution in [0.25, 0.3) is 0 Å². The van der Waals surface area contributed by atoms with E-state index in [4.69, 9.17) is 23.2 Å². The van der Waals surface area contributed by atoms with Crippen molar-refractivity contribution in [2.45, 2.75) is 39.3 Å². The van der Waals surface area contributed by atoms with Crippen LogP contribution in [0, 0.1) is 0 Å². The molecule has 1 atom stereocenters. The summed E-state index contributed by atoms with van der Waals surface area (Å²) in [6, 6.07) is 5.74. The molecule has 1 aromatic heterocycles. The van der Waals surface area contributed by atoms with Crippen molar-refractivity contribution in [1.82, 2.24) is 14.9 Å². The number of hydrogen-bond acceptors (Lipinski definition) is 2. The predicted octanol–water partition coefficient (Wildman–Crippen LogP) is 4.49. The Hall–Kier alpha value is -1.03. The van der Waals surface area contributed by atoms with E-state index in [9.17, 15) is 0 Å². The van der Waals surface area contributed by atoms with Crippen LogP contribution in [0.15, 0.2) is 30.6 Å². The minimum atomic E-state index is 0.109. The third-order valence-corrected chi connectivity index (χ3v) is 4.22. The van der Waals surface area contributed by atoms with Gasteiger partial charge in [-0.3, -0.25) is 0 Å². The molecule has 0 amide bonds. The van der Waals surface area contributed by atoms with Crippen molar-refractivity contribution < 1.29 is 0 Å². The lowest BCUT2D eigenvalue weighted by molar-refractivity contribution is 0.482. The first kappa shape index (κ1) is 16.3. The number of halogens is 2. The van der Waals surface area contributed by atoms with Crippen molar-refractivity contribution in [3.63, 3.8) is 0 Å². The highest BCUT2D eigenvalue weighted by Gasteiger charge is 2.19. The van der Waals surface area contributed by atoms with Crippen molar-refractivity contribution in [3.05, 3.63) is 52.0 Å². The van der Waals surface area contributed by atoms with E-state index in [0.29, 0.717) is 10.0 Å². The monoisotopic (exact) mass is 325 g/mol. The Kier molecular flexibility index (Phi) is 6.09. The number of nitrogens with one attached hydrogen (secondary N) is 1. The van der Waals surface area contributed by atoms with Crippen LogP contribution in [0.5, 0.6) is 0 Å². The van der Waals surface area contributed by atoms with Crippen LogP contribution in [0.1, 0.15) is 37.7 Å². The maximum Gasteiger partial charge on any atom is 0.126 e. The first-order valence-corrected chi connectivity index (χ1v) is 8.10. The molecule has 1 unspecified atom stereocenters. The minimum Gasteiger partial charge on any atom is -0.334 e. The average Bonchev–Trinajstić information content (AvgIpc) is 2.94. The van der Waals surface area contributed by atoms with E-state index in [1.165, 1.54) is 0 Å². The molecule has 1 heterocycles. The zero-order chi connectivity index (χ0) is 15.2. The van der Waals surface area contributed by atoms with Crippen molar-refractivity contribution >= 4 is 23.2 Å². The number of benzene rings is 1. The summed E-state index contributed by atoms with van der Waals surface area (Å²) in [6.45, 7) is 6.10. The number of hydrogen-bond donors (Lipinski definition) is 1. The summed E-state index contributed by atoms with van der Waals surface area (Å²) in [5.41, 5.74) is 0.972. The van der Waals surface area contributed by atoms with Crippen LogP contribution in [-0.4, -0.2) is 16.1 Å². The van der Waals surface area contributed by atoms with Crippen LogP contribution in [0.3, 0.4) is 0 Å². The van der Waals surface area contributed by atoms with Gasteiger partial charge in [-0.2, -0.15) is 0 Å². The Balaban J connectivity index is 2.28. The molecule has 114 valence electrons. The summed E-state index contributed by atoms with van der Waals surface area (Å²) < 4.78 is 2.15. The SMILES string of the molecule is CCCNC(Cc1c(Cl)cccc1Cl)c1nccn1CC. The molecule has 0 saturated carbocycles. The van der Waals surface area contributed by atoms with Crippen LogP contribution in [0.2, 0.25) is 10.0 Å². The zero-order valence-electron chi connectivity index (χ0n) is 12.4. The standard InChI is InChI=1S/C16H21Cl2N3/c1-3-8-19-15(16-20-9-10-21(16)4-2)11-12-13(17)6-5-7-14(12)18/h5-7,9-10,15,19H,3-4,8,11H2,1-2H3. The first-order valence-electron chi connectivity index (χ1n) is 7.34. The molecule has 3 nitrogen and oxygen atoms in total. The van der Waals surface area contributed by atoms with Gasteiger partial charge in [-0.15, -0.1) is 0 Å². The number of rotatable bonds is 7. The summed E-state index contributed by atoms with van der Waals surface area (Å²) in [5.74, 6) is 1.03. The molecule has 5 heteroatoms. The largest absolute Gasteiger partial charge is 0.334 e.